The van der Waals surface area contributed by atoms with E-state index in [1.807, 2.05) is 27.7 Å². The lowest BCUT2D eigenvalue weighted by atomic mass is 9.84. The standard InChI is InChI=1S/C17H25NO2/c1-7-9-18-17(6,16(19)20-8-2)15-13(4)10-12(3)11-14(15)5/h7,10-11,18H,1,8-9H2,2-6H3. The number of rotatable bonds is 6. The maximum atomic E-state index is 12.4. The van der Waals surface area contributed by atoms with Gasteiger partial charge in [0.2, 0.25) is 0 Å². The second kappa shape index (κ2) is 6.71. The first-order valence-electron chi connectivity index (χ1n) is 6.98. The Morgan fingerprint density at radius 3 is 2.35 bits per heavy atom. The number of benzene rings is 1. The van der Waals surface area contributed by atoms with E-state index in [9.17, 15) is 4.79 Å². The van der Waals surface area contributed by atoms with Gasteiger partial charge in [0.05, 0.1) is 6.61 Å². The molecule has 0 radical (unpaired) electrons. The third kappa shape index (κ3) is 3.28. The van der Waals surface area contributed by atoms with Gasteiger partial charge >= 0.3 is 5.97 Å². The summed E-state index contributed by atoms with van der Waals surface area (Å²) in [6, 6.07) is 4.19. The molecule has 1 atom stereocenters. The van der Waals surface area contributed by atoms with Gasteiger partial charge in [0.1, 0.15) is 5.54 Å². The number of hydrogen-bond acceptors (Lipinski definition) is 3. The molecule has 0 spiro atoms. The summed E-state index contributed by atoms with van der Waals surface area (Å²) in [5.41, 5.74) is 3.51. The highest BCUT2D eigenvalue weighted by molar-refractivity contribution is 5.83. The van der Waals surface area contributed by atoms with Crippen LogP contribution in [0.25, 0.3) is 0 Å². The number of carbonyl (C=O) groups is 1. The molecule has 0 bridgehead atoms. The van der Waals surface area contributed by atoms with Gasteiger partial charge in [-0.25, -0.2) is 4.79 Å². The first kappa shape index (κ1) is 16.4. The van der Waals surface area contributed by atoms with Crippen LogP contribution in [0.2, 0.25) is 0 Å². The molecule has 0 aromatic heterocycles. The Morgan fingerprint density at radius 2 is 1.90 bits per heavy atom. The Balaban J connectivity index is 3.37. The van der Waals surface area contributed by atoms with E-state index in [1.165, 1.54) is 5.56 Å². The van der Waals surface area contributed by atoms with Crippen molar-refractivity contribution < 1.29 is 9.53 Å². The van der Waals surface area contributed by atoms with Crippen molar-refractivity contribution in [1.29, 1.82) is 0 Å². The third-order valence-electron chi connectivity index (χ3n) is 3.46. The Labute approximate surface area is 122 Å². The molecule has 3 heteroatoms. The van der Waals surface area contributed by atoms with E-state index in [4.69, 9.17) is 4.74 Å². The molecule has 0 aliphatic heterocycles. The lowest BCUT2D eigenvalue weighted by molar-refractivity contribution is -0.151. The largest absolute Gasteiger partial charge is 0.464 e. The molecule has 20 heavy (non-hydrogen) atoms. The second-order valence-corrected chi connectivity index (χ2v) is 5.29. The molecule has 0 saturated carbocycles. The Hall–Kier alpha value is -1.61. The maximum Gasteiger partial charge on any atom is 0.330 e. The molecule has 1 N–H and O–H groups in total. The smallest absolute Gasteiger partial charge is 0.330 e. The van der Waals surface area contributed by atoms with Crippen molar-refractivity contribution in [3.8, 4) is 0 Å². The average Bonchev–Trinajstić information content (AvgIpc) is 2.35. The SMILES string of the molecule is C=CCNC(C)(C(=O)OCC)c1c(C)cc(C)cc1C. The van der Waals surface area contributed by atoms with Crippen LogP contribution in [0.3, 0.4) is 0 Å². The normalized spacial score (nSPS) is 13.7. The van der Waals surface area contributed by atoms with E-state index in [2.05, 4.69) is 31.0 Å². The van der Waals surface area contributed by atoms with Gasteiger partial charge in [0.15, 0.2) is 0 Å². The van der Waals surface area contributed by atoms with Crippen LogP contribution in [0.4, 0.5) is 0 Å². The van der Waals surface area contributed by atoms with Crippen molar-refractivity contribution in [2.24, 2.45) is 0 Å². The quantitative estimate of drug-likeness (QED) is 0.640. The van der Waals surface area contributed by atoms with Gasteiger partial charge < -0.3 is 4.74 Å². The van der Waals surface area contributed by atoms with Crippen LogP contribution < -0.4 is 5.32 Å². The minimum absolute atomic E-state index is 0.253. The molecule has 1 rings (SSSR count). The van der Waals surface area contributed by atoms with Crippen molar-refractivity contribution in [2.45, 2.75) is 40.2 Å². The molecule has 1 unspecified atom stereocenters. The van der Waals surface area contributed by atoms with Gasteiger partial charge in [-0.05, 0) is 51.3 Å². The summed E-state index contributed by atoms with van der Waals surface area (Å²) in [5, 5.41) is 3.26. The molecule has 0 amide bonds. The monoisotopic (exact) mass is 275 g/mol. The van der Waals surface area contributed by atoms with Gasteiger partial charge in [-0.1, -0.05) is 23.8 Å². The lowest BCUT2D eigenvalue weighted by Crippen LogP contribution is -2.48. The van der Waals surface area contributed by atoms with Crippen molar-refractivity contribution in [3.63, 3.8) is 0 Å². The minimum atomic E-state index is -0.855. The third-order valence-corrected chi connectivity index (χ3v) is 3.46. The maximum absolute atomic E-state index is 12.4. The molecule has 1 aromatic carbocycles. The molecular formula is C17H25NO2. The summed E-state index contributed by atoms with van der Waals surface area (Å²) in [6.07, 6.45) is 1.75. The van der Waals surface area contributed by atoms with Gasteiger partial charge in [-0.3, -0.25) is 5.32 Å². The summed E-state index contributed by atoms with van der Waals surface area (Å²) < 4.78 is 5.26. The molecule has 1 aromatic rings. The summed E-state index contributed by atoms with van der Waals surface area (Å²) in [4.78, 5) is 12.4. The van der Waals surface area contributed by atoms with E-state index in [1.54, 1.807) is 6.08 Å². The predicted octanol–water partition coefficient (Wildman–Crippen LogP) is 3.17. The number of nitrogens with one attached hydrogen (secondary N) is 1. The second-order valence-electron chi connectivity index (χ2n) is 5.29. The van der Waals surface area contributed by atoms with Gasteiger partial charge in [0, 0.05) is 6.54 Å². The first-order valence-corrected chi connectivity index (χ1v) is 6.98. The zero-order chi connectivity index (χ0) is 15.3. The topological polar surface area (TPSA) is 38.3 Å². The van der Waals surface area contributed by atoms with Gasteiger partial charge in [0.25, 0.3) is 0 Å². The first-order chi connectivity index (χ1) is 9.36. The van der Waals surface area contributed by atoms with Crippen molar-refractivity contribution in [2.75, 3.05) is 13.2 Å². The lowest BCUT2D eigenvalue weighted by Gasteiger charge is -2.32. The number of hydrogen-bond donors (Lipinski definition) is 1. The average molecular weight is 275 g/mol. The fourth-order valence-electron chi connectivity index (χ4n) is 2.78. The molecular weight excluding hydrogens is 250 g/mol. The molecule has 3 nitrogen and oxygen atoms in total. The van der Waals surface area contributed by atoms with Crippen LogP contribution in [0.1, 0.15) is 36.1 Å². The number of aryl methyl sites for hydroxylation is 3. The number of esters is 1. The summed E-state index contributed by atoms with van der Waals surface area (Å²) in [5.74, 6) is -0.253. The van der Waals surface area contributed by atoms with E-state index in [0.29, 0.717) is 13.2 Å². The molecule has 0 heterocycles. The number of ether oxygens (including phenoxy) is 1. The van der Waals surface area contributed by atoms with E-state index in [0.717, 1.165) is 16.7 Å². The highest BCUT2D eigenvalue weighted by atomic mass is 16.5. The molecule has 0 fully saturated rings. The van der Waals surface area contributed by atoms with E-state index >= 15 is 0 Å². The fraction of sp³-hybridized carbons (Fsp3) is 0.471. The summed E-state index contributed by atoms with van der Waals surface area (Å²) >= 11 is 0. The molecule has 0 aliphatic carbocycles. The van der Waals surface area contributed by atoms with Gasteiger partial charge in [-0.2, -0.15) is 0 Å². The Morgan fingerprint density at radius 1 is 1.35 bits per heavy atom. The molecule has 0 aliphatic rings. The van der Waals surface area contributed by atoms with Crippen LogP contribution in [0.5, 0.6) is 0 Å². The van der Waals surface area contributed by atoms with Crippen molar-refractivity contribution >= 4 is 5.97 Å². The van der Waals surface area contributed by atoms with Crippen LogP contribution in [-0.4, -0.2) is 19.1 Å². The number of carbonyl (C=O) groups excluding carboxylic acids is 1. The van der Waals surface area contributed by atoms with Gasteiger partial charge in [-0.15, -0.1) is 6.58 Å². The van der Waals surface area contributed by atoms with E-state index in [-0.39, 0.29) is 5.97 Å². The Kier molecular flexibility index (Phi) is 5.52. The van der Waals surface area contributed by atoms with Crippen molar-refractivity contribution in [3.05, 3.63) is 47.0 Å². The van der Waals surface area contributed by atoms with Crippen LogP contribution in [0, 0.1) is 20.8 Å². The Bertz CT molecular complexity index is 485. The summed E-state index contributed by atoms with van der Waals surface area (Å²) in [7, 11) is 0. The molecule has 0 saturated heterocycles. The van der Waals surface area contributed by atoms with Crippen LogP contribution in [-0.2, 0) is 15.1 Å². The van der Waals surface area contributed by atoms with Crippen LogP contribution in [0.15, 0.2) is 24.8 Å². The zero-order valence-electron chi connectivity index (χ0n) is 13.2. The highest BCUT2D eigenvalue weighted by Gasteiger charge is 2.38. The zero-order valence-corrected chi connectivity index (χ0v) is 13.2. The van der Waals surface area contributed by atoms with Crippen LogP contribution >= 0.6 is 0 Å². The predicted molar refractivity (Wildman–Crippen MR) is 82.8 cm³/mol. The molecule has 110 valence electrons. The van der Waals surface area contributed by atoms with E-state index < -0.39 is 5.54 Å². The summed E-state index contributed by atoms with van der Waals surface area (Å²) in [6.45, 7) is 14.4. The van der Waals surface area contributed by atoms with Crippen molar-refractivity contribution in [1.82, 2.24) is 5.32 Å². The highest BCUT2D eigenvalue weighted by Crippen LogP contribution is 2.30. The minimum Gasteiger partial charge on any atom is -0.464 e. The fourth-order valence-corrected chi connectivity index (χ4v) is 2.78.